The molecule has 0 radical (unpaired) electrons. The Labute approximate surface area is 273 Å². The van der Waals surface area contributed by atoms with Crippen LogP contribution < -0.4 is 28.5 Å². The van der Waals surface area contributed by atoms with Gasteiger partial charge in [-0.15, -0.1) is 0 Å². The minimum absolute atomic E-state index is 0. The molecular weight excluding hydrogens is 643 g/mol. The van der Waals surface area contributed by atoms with Gasteiger partial charge in [-0.25, -0.2) is 14.3 Å². The Morgan fingerprint density at radius 2 is 1.45 bits per heavy atom. The largest absolute Gasteiger partial charge is 1.00 e. The summed E-state index contributed by atoms with van der Waals surface area (Å²) in [7, 11) is 0. The van der Waals surface area contributed by atoms with Crippen molar-refractivity contribution in [2.75, 3.05) is 19.8 Å². The average molecular weight is 703 g/mol. The summed E-state index contributed by atoms with van der Waals surface area (Å²) >= 11 is 0. The van der Waals surface area contributed by atoms with E-state index in [4.69, 9.17) is 14.2 Å². The SMILES string of the molecule is CCCCCCCCCCCCCCCCCCOC1C[C@H](COC(=O)N(Cc2cccc[n+]2CC)C(C)=O)CO1.[I-]. The van der Waals surface area contributed by atoms with Gasteiger partial charge in [-0.1, -0.05) is 109 Å². The van der Waals surface area contributed by atoms with Gasteiger partial charge >= 0.3 is 6.09 Å². The van der Waals surface area contributed by atoms with Gasteiger partial charge in [-0.3, -0.25) is 4.79 Å². The summed E-state index contributed by atoms with van der Waals surface area (Å²) in [5.74, 6) is -0.245. The number of hydrogen-bond donors (Lipinski definition) is 0. The second-order valence-electron chi connectivity index (χ2n) is 11.7. The number of nitrogens with zero attached hydrogens (tertiary/aromatic N) is 2. The summed E-state index contributed by atoms with van der Waals surface area (Å²) in [6, 6.07) is 5.75. The van der Waals surface area contributed by atoms with Crippen LogP contribution in [0.15, 0.2) is 24.4 Å². The minimum Gasteiger partial charge on any atom is -1.00 e. The zero-order valence-electron chi connectivity index (χ0n) is 26.8. The number of imide groups is 1. The summed E-state index contributed by atoms with van der Waals surface area (Å²) in [6.45, 7) is 8.09. The molecule has 0 bridgehead atoms. The molecule has 1 aromatic rings. The van der Waals surface area contributed by atoms with Crippen LogP contribution in [0.25, 0.3) is 0 Å². The maximum Gasteiger partial charge on any atom is 0.417 e. The lowest BCUT2D eigenvalue weighted by Crippen LogP contribution is -3.00. The maximum atomic E-state index is 12.7. The van der Waals surface area contributed by atoms with Crippen LogP contribution in [0.1, 0.15) is 136 Å². The highest BCUT2D eigenvalue weighted by molar-refractivity contribution is 5.90. The number of unbranched alkanes of at least 4 members (excludes halogenated alkanes) is 15. The Morgan fingerprint density at radius 3 is 2.00 bits per heavy atom. The van der Waals surface area contributed by atoms with Crippen molar-refractivity contribution in [1.29, 1.82) is 0 Å². The molecule has 2 atom stereocenters. The number of halogens is 1. The molecular formula is C34H59IN2O5. The van der Waals surface area contributed by atoms with Crippen LogP contribution in [0.2, 0.25) is 0 Å². The molecule has 1 fully saturated rings. The summed E-state index contributed by atoms with van der Waals surface area (Å²) in [5, 5.41) is 0. The van der Waals surface area contributed by atoms with Crippen LogP contribution in [-0.4, -0.2) is 43.0 Å². The van der Waals surface area contributed by atoms with E-state index in [1.54, 1.807) is 0 Å². The highest BCUT2D eigenvalue weighted by Gasteiger charge is 2.29. The van der Waals surface area contributed by atoms with Crippen LogP contribution in [0.5, 0.6) is 0 Å². The molecule has 1 saturated heterocycles. The average Bonchev–Trinajstić information content (AvgIpc) is 3.44. The molecule has 42 heavy (non-hydrogen) atoms. The van der Waals surface area contributed by atoms with Crippen molar-refractivity contribution in [1.82, 2.24) is 4.90 Å². The highest BCUT2D eigenvalue weighted by Crippen LogP contribution is 2.22. The van der Waals surface area contributed by atoms with Crippen molar-refractivity contribution in [3.63, 3.8) is 0 Å². The number of ether oxygens (including phenoxy) is 3. The molecule has 0 N–H and O–H groups in total. The smallest absolute Gasteiger partial charge is 0.417 e. The van der Waals surface area contributed by atoms with E-state index in [9.17, 15) is 9.59 Å². The Balaban J connectivity index is 0.00000882. The van der Waals surface area contributed by atoms with Crippen molar-refractivity contribution < 1.29 is 52.3 Å². The van der Waals surface area contributed by atoms with E-state index < -0.39 is 6.09 Å². The number of rotatable bonds is 23. The molecule has 0 spiro atoms. The maximum absolute atomic E-state index is 12.7. The van der Waals surface area contributed by atoms with Gasteiger partial charge in [0, 0.05) is 38.0 Å². The zero-order chi connectivity index (χ0) is 29.5. The van der Waals surface area contributed by atoms with Crippen LogP contribution in [0, 0.1) is 5.92 Å². The number of carbonyl (C=O) groups excluding carboxylic acids is 2. The lowest BCUT2D eigenvalue weighted by Gasteiger charge is -2.19. The minimum atomic E-state index is -0.610. The highest BCUT2D eigenvalue weighted by atomic mass is 127. The van der Waals surface area contributed by atoms with E-state index >= 15 is 0 Å². The number of hydrogen-bond acceptors (Lipinski definition) is 5. The molecule has 7 nitrogen and oxygen atoms in total. The second kappa shape index (κ2) is 25.1. The number of aryl methyl sites for hydroxylation is 1. The zero-order valence-corrected chi connectivity index (χ0v) is 29.0. The first-order valence-corrected chi connectivity index (χ1v) is 16.7. The van der Waals surface area contributed by atoms with Gasteiger partial charge < -0.3 is 38.2 Å². The Hall–Kier alpha value is -1.26. The summed E-state index contributed by atoms with van der Waals surface area (Å²) in [4.78, 5) is 26.0. The number of aromatic nitrogens is 1. The van der Waals surface area contributed by atoms with Gasteiger partial charge in [-0.05, 0) is 13.3 Å². The topological polar surface area (TPSA) is 69.0 Å². The molecule has 1 aromatic heterocycles. The summed E-state index contributed by atoms with van der Waals surface area (Å²) in [5.41, 5.74) is 0.883. The first kappa shape index (κ1) is 38.8. The third kappa shape index (κ3) is 17.1. The van der Waals surface area contributed by atoms with Crippen molar-refractivity contribution in [3.8, 4) is 0 Å². The van der Waals surface area contributed by atoms with Crippen molar-refractivity contribution in [3.05, 3.63) is 30.1 Å². The molecule has 0 aromatic carbocycles. The fourth-order valence-corrected chi connectivity index (χ4v) is 5.45. The molecule has 8 heteroatoms. The molecule has 1 unspecified atom stereocenters. The van der Waals surface area contributed by atoms with Gasteiger partial charge in [0.05, 0.1) is 13.2 Å². The first-order valence-electron chi connectivity index (χ1n) is 16.7. The summed E-state index contributed by atoms with van der Waals surface area (Å²) in [6.07, 6.45) is 23.5. The quantitative estimate of drug-likeness (QED) is 0.0900. The molecule has 2 heterocycles. The fraction of sp³-hybridized carbons (Fsp3) is 0.794. The Bertz CT molecular complexity index is 840. The predicted octanol–water partition coefficient (Wildman–Crippen LogP) is 5.12. The molecule has 2 rings (SSSR count). The molecule has 1 aliphatic heterocycles. The molecule has 1 aliphatic rings. The van der Waals surface area contributed by atoms with Crippen LogP contribution in [0.3, 0.4) is 0 Å². The third-order valence-electron chi connectivity index (χ3n) is 8.08. The van der Waals surface area contributed by atoms with Crippen LogP contribution in [-0.2, 0) is 32.1 Å². The van der Waals surface area contributed by atoms with E-state index in [0.717, 1.165) is 23.6 Å². The third-order valence-corrected chi connectivity index (χ3v) is 8.08. The second-order valence-corrected chi connectivity index (χ2v) is 11.7. The number of carbonyl (C=O) groups is 2. The first-order chi connectivity index (χ1) is 20.0. The van der Waals surface area contributed by atoms with E-state index in [-0.39, 0.29) is 55.2 Å². The van der Waals surface area contributed by atoms with E-state index in [0.29, 0.717) is 19.6 Å². The predicted molar refractivity (Wildman–Crippen MR) is 163 cm³/mol. The lowest BCUT2D eigenvalue weighted by molar-refractivity contribution is -0.701. The normalized spacial score (nSPS) is 16.3. The van der Waals surface area contributed by atoms with Crippen LogP contribution in [0.4, 0.5) is 4.79 Å². The molecule has 0 aliphatic carbocycles. The van der Waals surface area contributed by atoms with E-state index in [1.807, 2.05) is 35.9 Å². The number of pyridine rings is 1. The van der Waals surface area contributed by atoms with Gasteiger partial charge in [-0.2, -0.15) is 0 Å². The molecule has 242 valence electrons. The monoisotopic (exact) mass is 702 g/mol. The van der Waals surface area contributed by atoms with Gasteiger partial charge in [0.25, 0.3) is 0 Å². The summed E-state index contributed by atoms with van der Waals surface area (Å²) < 4.78 is 19.2. The van der Waals surface area contributed by atoms with E-state index in [1.165, 1.54) is 103 Å². The molecule has 0 saturated carbocycles. The van der Waals surface area contributed by atoms with Crippen molar-refractivity contribution in [2.45, 2.75) is 149 Å². The van der Waals surface area contributed by atoms with E-state index in [2.05, 4.69) is 6.92 Å². The fourth-order valence-electron chi connectivity index (χ4n) is 5.45. The van der Waals surface area contributed by atoms with Gasteiger partial charge in [0.1, 0.15) is 13.1 Å². The number of amides is 2. The standard InChI is InChI=1S/C34H59N2O5.HI/c1-4-6-7-8-9-10-11-12-13-14-15-16-17-18-19-22-25-39-33-26-31(28-40-33)29-41-34(38)36(30(3)37)27-32-23-20-21-24-35(32)5-2;/h20-21,23-24,31,33H,4-19,22,25-29H2,1-3H3;1H/q+1;/p-1/t31-,33?;/m0./s1. The van der Waals surface area contributed by atoms with Gasteiger partial charge in [0.2, 0.25) is 11.6 Å². The van der Waals surface area contributed by atoms with Crippen molar-refractivity contribution in [2.24, 2.45) is 5.92 Å². The van der Waals surface area contributed by atoms with Crippen LogP contribution >= 0.6 is 0 Å². The Morgan fingerprint density at radius 1 is 0.881 bits per heavy atom. The Kier molecular flexibility index (Phi) is 23.2. The lowest BCUT2D eigenvalue weighted by atomic mass is 10.0. The van der Waals surface area contributed by atoms with Crippen molar-refractivity contribution >= 4 is 12.0 Å². The van der Waals surface area contributed by atoms with Gasteiger partial charge in [0.15, 0.2) is 12.5 Å². The molecule has 2 amide bonds.